The minimum absolute atomic E-state index is 0.106. The van der Waals surface area contributed by atoms with E-state index < -0.39 is 0 Å². The molecule has 1 unspecified atom stereocenters. The minimum atomic E-state index is -0.218. The van der Waals surface area contributed by atoms with Crippen molar-refractivity contribution < 1.29 is 9.59 Å². The third-order valence-corrected chi connectivity index (χ3v) is 7.29. The number of nitrogens with two attached hydrogens (primary N) is 1. The Morgan fingerprint density at radius 2 is 1.06 bits per heavy atom. The highest BCUT2D eigenvalue weighted by Crippen LogP contribution is 2.16. The molecular weight excluding hydrogens is 444 g/mol. The number of carbonyl (C=O) groups excluding carboxylic acids is 2. The van der Waals surface area contributed by atoms with Gasteiger partial charge in [-0.15, -0.1) is 0 Å². The lowest BCUT2D eigenvalue weighted by molar-refractivity contribution is -0.123. The Labute approximate surface area is 225 Å². The Morgan fingerprint density at radius 1 is 0.611 bits per heavy atom. The van der Waals surface area contributed by atoms with Crippen molar-refractivity contribution in [2.24, 2.45) is 11.7 Å². The number of nitrogens with one attached hydrogen (secondary N) is 1. The number of primary amides is 1. The van der Waals surface area contributed by atoms with Gasteiger partial charge in [0.25, 0.3) is 0 Å². The Bertz CT molecular complexity index is 518. The van der Waals surface area contributed by atoms with Crippen LogP contribution in [0.15, 0.2) is 12.2 Å². The molecule has 0 spiro atoms. The predicted octanol–water partition coefficient (Wildman–Crippen LogP) is 9.16. The highest BCUT2D eigenvalue weighted by atomic mass is 16.2. The van der Waals surface area contributed by atoms with Crippen molar-refractivity contribution in [1.29, 1.82) is 0 Å². The molecule has 36 heavy (non-hydrogen) atoms. The summed E-state index contributed by atoms with van der Waals surface area (Å²) >= 11 is 0. The molecule has 0 fully saturated rings. The first-order valence-electron chi connectivity index (χ1n) is 15.8. The maximum atomic E-state index is 12.1. The van der Waals surface area contributed by atoms with Crippen molar-refractivity contribution in [1.82, 2.24) is 5.32 Å². The summed E-state index contributed by atoms with van der Waals surface area (Å²) in [5.41, 5.74) is 5.59. The number of hydrogen-bond donors (Lipinski definition) is 2. The van der Waals surface area contributed by atoms with Crippen LogP contribution in [-0.4, -0.2) is 18.4 Å². The predicted molar refractivity (Wildman–Crippen MR) is 157 cm³/mol. The standard InChI is InChI=1S/C32H62N2O2/c1-3-5-7-9-11-13-14-15-16-17-18-19-21-23-25-27-31(35)34-29-28-30(32(33)36)26-24-22-20-12-10-8-6-4-2/h15-16,30H,3-14,17-29H2,1-2H3,(H2,33,36)(H,34,35)/b16-15-. The quantitative estimate of drug-likeness (QED) is 0.0820. The van der Waals surface area contributed by atoms with Crippen molar-refractivity contribution in [3.63, 3.8) is 0 Å². The van der Waals surface area contributed by atoms with E-state index in [9.17, 15) is 9.59 Å². The topological polar surface area (TPSA) is 72.2 Å². The largest absolute Gasteiger partial charge is 0.369 e. The van der Waals surface area contributed by atoms with E-state index in [1.54, 1.807) is 0 Å². The number of amides is 2. The first-order chi connectivity index (χ1) is 17.6. The summed E-state index contributed by atoms with van der Waals surface area (Å²) in [6, 6.07) is 0. The summed E-state index contributed by atoms with van der Waals surface area (Å²) < 4.78 is 0. The van der Waals surface area contributed by atoms with Gasteiger partial charge in [0.2, 0.25) is 11.8 Å². The Kier molecular flexibility index (Phi) is 27.2. The number of unbranched alkanes of at least 4 members (excludes halogenated alkanes) is 18. The summed E-state index contributed by atoms with van der Waals surface area (Å²) in [7, 11) is 0. The van der Waals surface area contributed by atoms with Gasteiger partial charge in [-0.3, -0.25) is 9.59 Å². The minimum Gasteiger partial charge on any atom is -0.369 e. The van der Waals surface area contributed by atoms with Gasteiger partial charge >= 0.3 is 0 Å². The second kappa shape index (κ2) is 28.3. The molecule has 0 saturated heterocycles. The summed E-state index contributed by atoms with van der Waals surface area (Å²) in [5.74, 6) is -0.211. The summed E-state index contributed by atoms with van der Waals surface area (Å²) in [6.07, 6.45) is 33.4. The second-order valence-electron chi connectivity index (χ2n) is 10.8. The monoisotopic (exact) mass is 506 g/mol. The number of hydrogen-bond acceptors (Lipinski definition) is 2. The average Bonchev–Trinajstić information content (AvgIpc) is 2.86. The zero-order valence-electron chi connectivity index (χ0n) is 24.3. The molecule has 0 saturated carbocycles. The molecule has 0 radical (unpaired) electrons. The fraction of sp³-hybridized carbons (Fsp3) is 0.875. The molecule has 0 aromatic rings. The molecular formula is C32H62N2O2. The molecule has 0 heterocycles. The summed E-state index contributed by atoms with van der Waals surface area (Å²) in [6.45, 7) is 5.07. The molecule has 3 N–H and O–H groups in total. The van der Waals surface area contributed by atoms with E-state index in [0.29, 0.717) is 19.4 Å². The molecule has 0 aliphatic heterocycles. The van der Waals surface area contributed by atoms with Gasteiger partial charge in [-0.05, 0) is 44.9 Å². The molecule has 0 bridgehead atoms. The Hall–Kier alpha value is -1.32. The van der Waals surface area contributed by atoms with Crippen molar-refractivity contribution >= 4 is 11.8 Å². The second-order valence-corrected chi connectivity index (χ2v) is 10.8. The molecule has 0 aromatic heterocycles. The van der Waals surface area contributed by atoms with Crippen LogP contribution in [-0.2, 0) is 9.59 Å². The van der Waals surface area contributed by atoms with Gasteiger partial charge < -0.3 is 11.1 Å². The van der Waals surface area contributed by atoms with Gasteiger partial charge in [0.1, 0.15) is 0 Å². The fourth-order valence-corrected chi connectivity index (χ4v) is 4.78. The van der Waals surface area contributed by atoms with E-state index in [1.165, 1.54) is 116 Å². The van der Waals surface area contributed by atoms with Crippen molar-refractivity contribution in [3.8, 4) is 0 Å². The molecule has 0 aromatic carbocycles. The van der Waals surface area contributed by atoms with E-state index in [0.717, 1.165) is 25.7 Å². The van der Waals surface area contributed by atoms with E-state index in [1.807, 2.05) is 0 Å². The third kappa shape index (κ3) is 25.8. The normalized spacial score (nSPS) is 12.3. The highest BCUT2D eigenvalue weighted by molar-refractivity contribution is 5.77. The van der Waals surface area contributed by atoms with Crippen LogP contribution in [0.25, 0.3) is 0 Å². The van der Waals surface area contributed by atoms with Gasteiger partial charge in [0.15, 0.2) is 0 Å². The first kappa shape index (κ1) is 34.7. The van der Waals surface area contributed by atoms with Crippen LogP contribution >= 0.6 is 0 Å². The number of rotatable bonds is 28. The van der Waals surface area contributed by atoms with E-state index >= 15 is 0 Å². The van der Waals surface area contributed by atoms with Gasteiger partial charge in [-0.1, -0.05) is 129 Å². The van der Waals surface area contributed by atoms with Crippen LogP contribution in [0, 0.1) is 5.92 Å². The zero-order chi connectivity index (χ0) is 26.5. The zero-order valence-corrected chi connectivity index (χ0v) is 24.3. The molecule has 4 nitrogen and oxygen atoms in total. The van der Waals surface area contributed by atoms with E-state index in [-0.39, 0.29) is 17.7 Å². The van der Waals surface area contributed by atoms with Crippen LogP contribution in [0.1, 0.15) is 168 Å². The fourth-order valence-electron chi connectivity index (χ4n) is 4.78. The lowest BCUT2D eigenvalue weighted by Gasteiger charge is -2.14. The number of allylic oxidation sites excluding steroid dienone is 2. The van der Waals surface area contributed by atoms with Crippen LogP contribution < -0.4 is 11.1 Å². The van der Waals surface area contributed by atoms with Gasteiger partial charge in [-0.2, -0.15) is 0 Å². The van der Waals surface area contributed by atoms with E-state index in [2.05, 4.69) is 31.3 Å². The van der Waals surface area contributed by atoms with Crippen molar-refractivity contribution in [3.05, 3.63) is 12.2 Å². The summed E-state index contributed by atoms with van der Waals surface area (Å²) in [4.78, 5) is 23.8. The maximum absolute atomic E-state index is 12.1. The average molecular weight is 507 g/mol. The smallest absolute Gasteiger partial charge is 0.220 e. The highest BCUT2D eigenvalue weighted by Gasteiger charge is 2.15. The van der Waals surface area contributed by atoms with Gasteiger partial charge in [0.05, 0.1) is 0 Å². The number of carbonyl (C=O) groups is 2. The Morgan fingerprint density at radius 3 is 1.56 bits per heavy atom. The molecule has 0 rings (SSSR count). The molecule has 0 aliphatic carbocycles. The van der Waals surface area contributed by atoms with Crippen LogP contribution in [0.4, 0.5) is 0 Å². The molecule has 212 valence electrons. The van der Waals surface area contributed by atoms with Crippen LogP contribution in [0.3, 0.4) is 0 Å². The summed E-state index contributed by atoms with van der Waals surface area (Å²) in [5, 5.41) is 2.99. The molecule has 0 aliphatic rings. The molecule has 2 amide bonds. The van der Waals surface area contributed by atoms with Gasteiger partial charge in [0, 0.05) is 18.9 Å². The van der Waals surface area contributed by atoms with Crippen LogP contribution in [0.5, 0.6) is 0 Å². The van der Waals surface area contributed by atoms with Crippen molar-refractivity contribution in [2.45, 2.75) is 168 Å². The van der Waals surface area contributed by atoms with Gasteiger partial charge in [-0.25, -0.2) is 0 Å². The lowest BCUT2D eigenvalue weighted by Crippen LogP contribution is -2.30. The van der Waals surface area contributed by atoms with Crippen molar-refractivity contribution in [2.75, 3.05) is 6.54 Å². The SMILES string of the molecule is CCCCCCCC/C=C\CCCCCCCC(=O)NCCC(CCCCCCCCCC)C(N)=O. The third-order valence-electron chi connectivity index (χ3n) is 7.29. The lowest BCUT2D eigenvalue weighted by atomic mass is 9.96. The molecule has 1 atom stereocenters. The van der Waals surface area contributed by atoms with E-state index in [4.69, 9.17) is 5.73 Å². The first-order valence-corrected chi connectivity index (χ1v) is 15.8. The van der Waals surface area contributed by atoms with Crippen LogP contribution in [0.2, 0.25) is 0 Å². The Balaban J connectivity index is 3.55. The molecule has 4 heteroatoms. The maximum Gasteiger partial charge on any atom is 0.220 e.